The van der Waals surface area contributed by atoms with Crippen LogP contribution < -0.4 is 15.0 Å². The highest BCUT2D eigenvalue weighted by Gasteiger charge is 2.36. The Morgan fingerprint density at radius 2 is 1.97 bits per heavy atom. The van der Waals surface area contributed by atoms with E-state index < -0.39 is 5.92 Å². The lowest BCUT2D eigenvalue weighted by Gasteiger charge is -2.19. The van der Waals surface area contributed by atoms with E-state index in [0.717, 1.165) is 17.0 Å². The van der Waals surface area contributed by atoms with Gasteiger partial charge in [-0.15, -0.1) is 11.3 Å². The Morgan fingerprint density at radius 3 is 2.74 bits per heavy atom. The second-order valence-electron chi connectivity index (χ2n) is 8.17. The zero-order chi connectivity index (χ0) is 24.5. The smallest absolute Gasteiger partial charge is 0.230 e. The molecule has 1 aliphatic heterocycles. The predicted octanol–water partition coefficient (Wildman–Crippen LogP) is 4.96. The van der Waals surface area contributed by atoms with Crippen LogP contribution >= 0.6 is 22.9 Å². The maximum atomic E-state index is 13.2. The van der Waals surface area contributed by atoms with E-state index in [0.29, 0.717) is 27.4 Å². The lowest BCUT2D eigenvalue weighted by atomic mass is 10.1. The number of methoxy groups -OCH3 is 1. The van der Waals surface area contributed by atoms with Gasteiger partial charge in [0.2, 0.25) is 16.9 Å². The SMILES string of the molecule is COc1ccccc1N1CC(C(=O)Nc2cc(C)nn2-c2nc(-c3ccc(Cl)cc3)cs2)CC1=O. The van der Waals surface area contributed by atoms with E-state index in [1.807, 2.05) is 54.8 Å². The molecule has 0 radical (unpaired) electrons. The number of nitrogens with one attached hydrogen (secondary N) is 1. The number of benzene rings is 2. The first kappa shape index (κ1) is 23.1. The van der Waals surface area contributed by atoms with Crippen LogP contribution in [0, 0.1) is 12.8 Å². The highest BCUT2D eigenvalue weighted by Crippen LogP contribution is 2.33. The molecule has 1 N–H and O–H groups in total. The third kappa shape index (κ3) is 4.65. The van der Waals surface area contributed by atoms with Crippen molar-refractivity contribution < 1.29 is 14.3 Å². The highest BCUT2D eigenvalue weighted by molar-refractivity contribution is 7.12. The third-order valence-electron chi connectivity index (χ3n) is 5.77. The summed E-state index contributed by atoms with van der Waals surface area (Å²) in [7, 11) is 1.56. The number of aryl methyl sites for hydroxylation is 1. The molecule has 1 saturated heterocycles. The van der Waals surface area contributed by atoms with Crippen LogP contribution in [0.5, 0.6) is 5.75 Å². The molecular weight excluding hydrogens is 486 g/mol. The lowest BCUT2D eigenvalue weighted by Crippen LogP contribution is -2.28. The zero-order valence-corrected chi connectivity index (χ0v) is 20.6. The summed E-state index contributed by atoms with van der Waals surface area (Å²) in [6.45, 7) is 2.12. The van der Waals surface area contributed by atoms with E-state index in [1.165, 1.54) is 11.3 Å². The Hall–Kier alpha value is -3.69. The van der Waals surface area contributed by atoms with Crippen LogP contribution in [0.4, 0.5) is 11.5 Å². The molecular formula is C25H22ClN5O3S. The van der Waals surface area contributed by atoms with Crippen LogP contribution in [0.3, 0.4) is 0 Å². The second-order valence-corrected chi connectivity index (χ2v) is 9.44. The van der Waals surface area contributed by atoms with Gasteiger partial charge in [0.05, 0.1) is 30.1 Å². The average molecular weight is 508 g/mol. The van der Waals surface area contributed by atoms with Gasteiger partial charge in [0, 0.05) is 35.0 Å². The topological polar surface area (TPSA) is 89.3 Å². The Kier molecular flexibility index (Phi) is 6.27. The van der Waals surface area contributed by atoms with Crippen molar-refractivity contribution in [1.82, 2.24) is 14.8 Å². The van der Waals surface area contributed by atoms with Gasteiger partial charge in [-0.25, -0.2) is 4.98 Å². The first-order valence-electron chi connectivity index (χ1n) is 11.0. The van der Waals surface area contributed by atoms with Gasteiger partial charge in [0.25, 0.3) is 0 Å². The van der Waals surface area contributed by atoms with Gasteiger partial charge < -0.3 is 15.0 Å². The maximum Gasteiger partial charge on any atom is 0.230 e. The van der Waals surface area contributed by atoms with Crippen molar-refractivity contribution in [2.75, 3.05) is 23.9 Å². The van der Waals surface area contributed by atoms with Crippen molar-refractivity contribution in [3.63, 3.8) is 0 Å². The van der Waals surface area contributed by atoms with Crippen molar-refractivity contribution in [3.05, 3.63) is 70.7 Å². The molecule has 2 amide bonds. The normalized spacial score (nSPS) is 15.5. The van der Waals surface area contributed by atoms with Gasteiger partial charge >= 0.3 is 0 Å². The fourth-order valence-corrected chi connectivity index (χ4v) is 4.97. The molecule has 2 aromatic heterocycles. The summed E-state index contributed by atoms with van der Waals surface area (Å²) in [5.74, 6) is 0.235. The minimum absolute atomic E-state index is 0.119. The van der Waals surface area contributed by atoms with Crippen LogP contribution in [-0.2, 0) is 9.59 Å². The van der Waals surface area contributed by atoms with E-state index >= 15 is 0 Å². The summed E-state index contributed by atoms with van der Waals surface area (Å²) in [5, 5.41) is 10.7. The van der Waals surface area contributed by atoms with Gasteiger partial charge in [-0.3, -0.25) is 9.59 Å². The molecule has 10 heteroatoms. The van der Waals surface area contributed by atoms with Crippen LogP contribution in [0.15, 0.2) is 60.0 Å². The number of rotatable bonds is 6. The molecule has 0 spiro atoms. The highest BCUT2D eigenvalue weighted by atomic mass is 35.5. The van der Waals surface area contributed by atoms with E-state index in [4.69, 9.17) is 21.3 Å². The molecule has 1 fully saturated rings. The first-order chi connectivity index (χ1) is 16.9. The lowest BCUT2D eigenvalue weighted by molar-refractivity contribution is -0.122. The molecule has 8 nitrogen and oxygen atoms in total. The fraction of sp³-hybridized carbons (Fsp3) is 0.200. The maximum absolute atomic E-state index is 13.2. The molecule has 0 bridgehead atoms. The number of hydrogen-bond acceptors (Lipinski definition) is 6. The van der Waals surface area contributed by atoms with E-state index in [9.17, 15) is 9.59 Å². The second kappa shape index (κ2) is 9.52. The Bertz CT molecular complexity index is 1400. The molecule has 1 unspecified atom stereocenters. The Labute approximate surface area is 211 Å². The summed E-state index contributed by atoms with van der Waals surface area (Å²) in [6, 6.07) is 16.5. The fourth-order valence-electron chi connectivity index (χ4n) is 4.05. The molecule has 0 saturated carbocycles. The van der Waals surface area contributed by atoms with Gasteiger partial charge in [-0.05, 0) is 31.2 Å². The van der Waals surface area contributed by atoms with Crippen LogP contribution in [-0.4, -0.2) is 40.2 Å². The minimum atomic E-state index is -0.503. The standard InChI is InChI=1S/C25H22ClN5O3S/c1-15-11-22(31(29-15)25-27-19(14-35-25)16-7-9-18(26)10-8-16)28-24(33)17-12-23(32)30(13-17)20-5-3-4-6-21(20)34-2/h3-11,14,17H,12-13H2,1-2H3,(H,28,33). The molecule has 5 rings (SSSR count). The Balaban J connectivity index is 1.34. The number of para-hydroxylation sites is 2. The number of hydrogen-bond donors (Lipinski definition) is 1. The number of anilines is 2. The predicted molar refractivity (Wildman–Crippen MR) is 137 cm³/mol. The molecule has 1 aliphatic rings. The quantitative estimate of drug-likeness (QED) is 0.398. The summed E-state index contributed by atoms with van der Waals surface area (Å²) < 4.78 is 7.00. The summed E-state index contributed by atoms with van der Waals surface area (Å²) in [5.41, 5.74) is 3.13. The van der Waals surface area contributed by atoms with Gasteiger partial charge in [0.1, 0.15) is 11.6 Å². The summed E-state index contributed by atoms with van der Waals surface area (Å²) >= 11 is 7.41. The molecule has 4 aromatic rings. The molecule has 3 heterocycles. The van der Waals surface area contributed by atoms with Gasteiger partial charge in [0.15, 0.2) is 0 Å². The van der Waals surface area contributed by atoms with Crippen LogP contribution in [0.1, 0.15) is 12.1 Å². The largest absolute Gasteiger partial charge is 0.495 e. The number of thiazole rings is 1. The van der Waals surface area contributed by atoms with Gasteiger partial charge in [-0.2, -0.15) is 9.78 Å². The molecule has 35 heavy (non-hydrogen) atoms. The zero-order valence-electron chi connectivity index (χ0n) is 19.1. The van der Waals surface area contributed by atoms with Crippen LogP contribution in [0.2, 0.25) is 5.02 Å². The van der Waals surface area contributed by atoms with E-state index in [1.54, 1.807) is 28.8 Å². The number of carbonyl (C=O) groups excluding carboxylic acids is 2. The van der Waals surface area contributed by atoms with Crippen molar-refractivity contribution in [1.29, 1.82) is 0 Å². The minimum Gasteiger partial charge on any atom is -0.495 e. The molecule has 178 valence electrons. The molecule has 1 atom stereocenters. The summed E-state index contributed by atoms with van der Waals surface area (Å²) in [6.07, 6.45) is 0.120. The number of amides is 2. The first-order valence-corrected chi connectivity index (χ1v) is 12.2. The number of aromatic nitrogens is 3. The van der Waals surface area contributed by atoms with Crippen LogP contribution in [0.25, 0.3) is 16.4 Å². The summed E-state index contributed by atoms with van der Waals surface area (Å²) in [4.78, 5) is 32.2. The Morgan fingerprint density at radius 1 is 1.20 bits per heavy atom. The number of nitrogens with zero attached hydrogens (tertiary/aromatic N) is 4. The number of carbonyl (C=O) groups is 2. The van der Waals surface area contributed by atoms with Crippen molar-refractivity contribution in [3.8, 4) is 22.1 Å². The molecule has 2 aromatic carbocycles. The monoisotopic (exact) mass is 507 g/mol. The van der Waals surface area contributed by atoms with Gasteiger partial charge in [-0.1, -0.05) is 35.9 Å². The molecule has 0 aliphatic carbocycles. The number of halogens is 1. The average Bonchev–Trinajstić information content (AvgIpc) is 3.58. The van der Waals surface area contributed by atoms with Crippen molar-refractivity contribution in [2.24, 2.45) is 5.92 Å². The van der Waals surface area contributed by atoms with E-state index in [2.05, 4.69) is 10.4 Å². The third-order valence-corrected chi connectivity index (χ3v) is 6.84. The van der Waals surface area contributed by atoms with E-state index in [-0.39, 0.29) is 24.8 Å². The van der Waals surface area contributed by atoms with Crippen molar-refractivity contribution in [2.45, 2.75) is 13.3 Å². The van der Waals surface area contributed by atoms with Crippen molar-refractivity contribution >= 4 is 46.3 Å². The number of ether oxygens (including phenoxy) is 1.